The molecule has 1 fully saturated rings. The van der Waals surface area contributed by atoms with Gasteiger partial charge in [-0.15, -0.1) is 0 Å². The Morgan fingerprint density at radius 3 is 2.44 bits per heavy atom. The van der Waals surface area contributed by atoms with Crippen molar-refractivity contribution < 1.29 is 9.59 Å². The first-order valence-corrected chi connectivity index (χ1v) is 11.4. The molecule has 6 heteroatoms. The summed E-state index contributed by atoms with van der Waals surface area (Å²) in [5, 5.41) is 0.717. The molecule has 1 saturated heterocycles. The van der Waals surface area contributed by atoms with Crippen molar-refractivity contribution >= 4 is 28.4 Å². The quantitative estimate of drug-likeness (QED) is 0.639. The normalized spacial score (nSPS) is 16.1. The highest BCUT2D eigenvalue weighted by Crippen LogP contribution is 2.27. The van der Waals surface area contributed by atoms with Crippen LogP contribution in [0.15, 0.2) is 59.4 Å². The Bertz CT molecular complexity index is 1240. The summed E-state index contributed by atoms with van der Waals surface area (Å²) < 4.78 is 1.50. The number of hydrogen-bond donors (Lipinski definition) is 0. The smallest absolute Gasteiger partial charge is 0.254 e. The molecule has 0 N–H and O–H groups in total. The van der Waals surface area contributed by atoms with Crippen LogP contribution in [0.2, 0.25) is 0 Å². The van der Waals surface area contributed by atoms with Crippen LogP contribution in [0.5, 0.6) is 0 Å². The van der Waals surface area contributed by atoms with Gasteiger partial charge in [0.2, 0.25) is 5.91 Å². The van der Waals surface area contributed by atoms with Crippen LogP contribution in [-0.2, 0) is 17.8 Å². The number of aromatic nitrogens is 1. The van der Waals surface area contributed by atoms with E-state index in [1.54, 1.807) is 4.90 Å². The number of anilines is 1. The van der Waals surface area contributed by atoms with Gasteiger partial charge in [0, 0.05) is 36.8 Å². The number of benzene rings is 2. The Morgan fingerprint density at radius 2 is 1.59 bits per heavy atom. The van der Waals surface area contributed by atoms with E-state index >= 15 is 0 Å². The highest BCUT2D eigenvalue weighted by molar-refractivity contribution is 6.06. The molecule has 0 spiro atoms. The summed E-state index contributed by atoms with van der Waals surface area (Å²) in [4.78, 5) is 43.2. The minimum atomic E-state index is -0.317. The second kappa shape index (κ2) is 8.61. The maximum absolute atomic E-state index is 13.3. The van der Waals surface area contributed by atoms with Crippen LogP contribution in [0.25, 0.3) is 10.9 Å². The van der Waals surface area contributed by atoms with E-state index in [2.05, 4.69) is 6.07 Å². The topological polar surface area (TPSA) is 62.6 Å². The van der Waals surface area contributed by atoms with Crippen LogP contribution < -0.4 is 10.5 Å². The van der Waals surface area contributed by atoms with Gasteiger partial charge < -0.3 is 9.80 Å². The standard InChI is InChI=1S/C26H27N3O3/c30-24-17-21(26(32)27-14-6-1-7-15-27)20-11-3-5-13-23(20)29(24)18-25(31)28-16-8-10-19-9-2-4-12-22(19)28/h2-5,9,11-13,17H,1,6-8,10,14-16,18H2. The lowest BCUT2D eigenvalue weighted by Crippen LogP contribution is -2.40. The number of carbonyl (C=O) groups excluding carboxylic acids is 2. The lowest BCUT2D eigenvalue weighted by Gasteiger charge is -2.30. The zero-order valence-corrected chi connectivity index (χ0v) is 18.1. The molecule has 2 amide bonds. The van der Waals surface area contributed by atoms with Crippen LogP contribution in [0, 0.1) is 0 Å². The molecule has 0 bridgehead atoms. The van der Waals surface area contributed by atoms with Crippen LogP contribution in [0.1, 0.15) is 41.6 Å². The fourth-order valence-corrected chi connectivity index (χ4v) is 4.96. The zero-order chi connectivity index (χ0) is 22.1. The van der Waals surface area contributed by atoms with Crippen molar-refractivity contribution in [2.45, 2.75) is 38.6 Å². The number of carbonyl (C=O) groups is 2. The van der Waals surface area contributed by atoms with E-state index in [4.69, 9.17) is 0 Å². The third-order valence-corrected chi connectivity index (χ3v) is 6.60. The van der Waals surface area contributed by atoms with E-state index in [0.717, 1.165) is 61.8 Å². The Kier molecular flexibility index (Phi) is 5.52. The van der Waals surface area contributed by atoms with Crippen LogP contribution in [0.3, 0.4) is 0 Å². The molecule has 2 aliphatic heterocycles. The Labute approximate surface area is 187 Å². The molecule has 0 unspecified atom stereocenters. The van der Waals surface area contributed by atoms with Gasteiger partial charge in [-0.1, -0.05) is 36.4 Å². The Balaban J connectivity index is 1.51. The monoisotopic (exact) mass is 429 g/mol. The highest BCUT2D eigenvalue weighted by atomic mass is 16.2. The molecule has 1 aromatic heterocycles. The molecular weight excluding hydrogens is 402 g/mol. The average Bonchev–Trinajstić information content (AvgIpc) is 2.85. The van der Waals surface area contributed by atoms with Gasteiger partial charge in [0.15, 0.2) is 0 Å². The fourth-order valence-electron chi connectivity index (χ4n) is 4.96. The molecule has 3 aromatic rings. The van der Waals surface area contributed by atoms with Crippen molar-refractivity contribution in [3.05, 3.63) is 76.1 Å². The van der Waals surface area contributed by atoms with E-state index in [0.29, 0.717) is 17.6 Å². The van der Waals surface area contributed by atoms with Gasteiger partial charge in [0.25, 0.3) is 11.5 Å². The lowest BCUT2D eigenvalue weighted by atomic mass is 10.0. The number of amides is 2. The van der Waals surface area contributed by atoms with Crippen LogP contribution in [-0.4, -0.2) is 40.9 Å². The summed E-state index contributed by atoms with van der Waals surface area (Å²) >= 11 is 0. The van der Waals surface area contributed by atoms with Gasteiger partial charge in [-0.05, 0) is 49.8 Å². The molecular formula is C26H27N3O3. The molecule has 164 valence electrons. The highest BCUT2D eigenvalue weighted by Gasteiger charge is 2.25. The van der Waals surface area contributed by atoms with E-state index < -0.39 is 0 Å². The van der Waals surface area contributed by atoms with Gasteiger partial charge in [-0.25, -0.2) is 0 Å². The molecule has 2 aliphatic rings. The SMILES string of the molecule is O=C(c1cc(=O)n(CC(=O)N2CCCc3ccccc32)c2ccccc12)N1CCCCC1. The van der Waals surface area contributed by atoms with Crippen molar-refractivity contribution in [3.63, 3.8) is 0 Å². The first-order chi connectivity index (χ1) is 15.6. The van der Waals surface area contributed by atoms with E-state index in [1.807, 2.05) is 47.4 Å². The number of nitrogens with zero attached hydrogens (tertiary/aromatic N) is 3. The Hall–Kier alpha value is -3.41. The fraction of sp³-hybridized carbons (Fsp3) is 0.346. The van der Waals surface area contributed by atoms with Crippen molar-refractivity contribution in [3.8, 4) is 0 Å². The molecule has 0 aliphatic carbocycles. The molecule has 5 rings (SSSR count). The van der Waals surface area contributed by atoms with E-state index in [9.17, 15) is 14.4 Å². The third-order valence-electron chi connectivity index (χ3n) is 6.60. The molecule has 0 saturated carbocycles. The molecule has 3 heterocycles. The zero-order valence-electron chi connectivity index (χ0n) is 18.1. The van der Waals surface area contributed by atoms with Crippen molar-refractivity contribution in [2.75, 3.05) is 24.5 Å². The number of para-hydroxylation sites is 2. The van der Waals surface area contributed by atoms with Crippen molar-refractivity contribution in [1.82, 2.24) is 9.47 Å². The molecule has 32 heavy (non-hydrogen) atoms. The largest absolute Gasteiger partial charge is 0.339 e. The second-order valence-corrected chi connectivity index (χ2v) is 8.63. The van der Waals surface area contributed by atoms with Crippen molar-refractivity contribution in [1.29, 1.82) is 0 Å². The number of piperidine rings is 1. The number of fused-ring (bicyclic) bond motifs is 2. The predicted octanol–water partition coefficient (Wildman–Crippen LogP) is 3.61. The molecule has 0 atom stereocenters. The lowest BCUT2D eigenvalue weighted by molar-refractivity contribution is -0.119. The minimum Gasteiger partial charge on any atom is -0.339 e. The summed E-state index contributed by atoms with van der Waals surface area (Å²) in [6, 6.07) is 16.8. The van der Waals surface area contributed by atoms with E-state index in [1.165, 1.54) is 10.6 Å². The predicted molar refractivity (Wildman–Crippen MR) is 125 cm³/mol. The number of aryl methyl sites for hydroxylation is 1. The van der Waals surface area contributed by atoms with Gasteiger partial charge in [0.1, 0.15) is 6.54 Å². The van der Waals surface area contributed by atoms with Crippen molar-refractivity contribution in [2.24, 2.45) is 0 Å². The molecule has 2 aromatic carbocycles. The summed E-state index contributed by atoms with van der Waals surface area (Å²) in [5.74, 6) is -0.207. The van der Waals surface area contributed by atoms with Gasteiger partial charge in [0.05, 0.1) is 11.1 Å². The van der Waals surface area contributed by atoms with Crippen LogP contribution >= 0.6 is 0 Å². The maximum Gasteiger partial charge on any atom is 0.254 e. The molecule has 0 radical (unpaired) electrons. The summed E-state index contributed by atoms with van der Waals surface area (Å²) in [6.45, 7) is 2.05. The van der Waals surface area contributed by atoms with Gasteiger partial charge in [-0.3, -0.25) is 19.0 Å². The summed E-state index contributed by atoms with van der Waals surface area (Å²) in [6.07, 6.45) is 4.98. The molecule has 6 nitrogen and oxygen atoms in total. The number of pyridine rings is 1. The average molecular weight is 430 g/mol. The second-order valence-electron chi connectivity index (χ2n) is 8.63. The Morgan fingerprint density at radius 1 is 0.844 bits per heavy atom. The van der Waals surface area contributed by atoms with Gasteiger partial charge in [-0.2, -0.15) is 0 Å². The maximum atomic E-state index is 13.3. The van der Waals surface area contributed by atoms with Gasteiger partial charge >= 0.3 is 0 Å². The number of likely N-dealkylation sites (tertiary alicyclic amines) is 1. The summed E-state index contributed by atoms with van der Waals surface area (Å²) in [5.41, 5.74) is 2.83. The summed E-state index contributed by atoms with van der Waals surface area (Å²) in [7, 11) is 0. The number of rotatable bonds is 3. The minimum absolute atomic E-state index is 0.0497. The number of hydrogen-bond acceptors (Lipinski definition) is 3. The first kappa shape index (κ1) is 20.5. The third kappa shape index (κ3) is 3.70. The first-order valence-electron chi connectivity index (χ1n) is 11.4. The van der Waals surface area contributed by atoms with Crippen LogP contribution in [0.4, 0.5) is 5.69 Å². The van der Waals surface area contributed by atoms with E-state index in [-0.39, 0.29) is 23.9 Å².